The number of nitrogens with one attached hydrogen (secondary N) is 1. The third-order valence-corrected chi connectivity index (χ3v) is 1.44. The number of cyclic esters (lactones) is 1. The van der Waals surface area contributed by atoms with Gasteiger partial charge in [0.25, 0.3) is 0 Å². The number of rotatable bonds is 1. The standard InChI is InChI=1S/C7H9NO3/c1-4-6(8-5(2)9)3-11-7(4)10/h6H,1,3H2,2H3,(H,8,9). The van der Waals surface area contributed by atoms with Crippen LogP contribution in [-0.2, 0) is 14.3 Å². The Morgan fingerprint density at radius 2 is 2.45 bits per heavy atom. The zero-order chi connectivity index (χ0) is 8.43. The van der Waals surface area contributed by atoms with Crippen molar-refractivity contribution in [2.45, 2.75) is 13.0 Å². The van der Waals surface area contributed by atoms with Gasteiger partial charge < -0.3 is 10.1 Å². The van der Waals surface area contributed by atoms with Gasteiger partial charge in [-0.25, -0.2) is 4.79 Å². The highest BCUT2D eigenvalue weighted by molar-refractivity contribution is 5.92. The highest BCUT2D eigenvalue weighted by Gasteiger charge is 2.28. The quantitative estimate of drug-likeness (QED) is 0.414. The number of amides is 1. The Kier molecular flexibility index (Phi) is 1.94. The van der Waals surface area contributed by atoms with Gasteiger partial charge in [0.2, 0.25) is 5.91 Å². The van der Waals surface area contributed by atoms with E-state index < -0.39 is 5.97 Å². The second kappa shape index (κ2) is 2.74. The van der Waals surface area contributed by atoms with Gasteiger partial charge >= 0.3 is 5.97 Å². The van der Waals surface area contributed by atoms with Crippen LogP contribution in [0.25, 0.3) is 0 Å². The highest BCUT2D eigenvalue weighted by atomic mass is 16.5. The highest BCUT2D eigenvalue weighted by Crippen LogP contribution is 2.11. The fraction of sp³-hybridized carbons (Fsp3) is 0.429. The van der Waals surface area contributed by atoms with Gasteiger partial charge in [-0.2, -0.15) is 0 Å². The summed E-state index contributed by atoms with van der Waals surface area (Å²) in [4.78, 5) is 21.2. The van der Waals surface area contributed by atoms with E-state index in [1.807, 2.05) is 0 Å². The van der Waals surface area contributed by atoms with Crippen molar-refractivity contribution in [1.29, 1.82) is 0 Å². The van der Waals surface area contributed by atoms with E-state index in [-0.39, 0.29) is 18.6 Å². The topological polar surface area (TPSA) is 55.4 Å². The molecule has 1 fully saturated rings. The molecule has 4 heteroatoms. The van der Waals surface area contributed by atoms with Crippen LogP contribution in [0.1, 0.15) is 6.92 Å². The van der Waals surface area contributed by atoms with Crippen molar-refractivity contribution in [2.24, 2.45) is 0 Å². The molecule has 1 unspecified atom stereocenters. The summed E-state index contributed by atoms with van der Waals surface area (Å²) in [6.07, 6.45) is 0. The molecular weight excluding hydrogens is 146 g/mol. The van der Waals surface area contributed by atoms with E-state index >= 15 is 0 Å². The molecular formula is C7H9NO3. The molecule has 0 aromatic carbocycles. The van der Waals surface area contributed by atoms with Crippen LogP contribution < -0.4 is 5.32 Å². The zero-order valence-electron chi connectivity index (χ0n) is 6.22. The van der Waals surface area contributed by atoms with Gasteiger partial charge in [0.1, 0.15) is 6.61 Å². The minimum Gasteiger partial charge on any atom is -0.460 e. The van der Waals surface area contributed by atoms with Crippen molar-refractivity contribution in [2.75, 3.05) is 6.61 Å². The minimum absolute atomic E-state index is 0.186. The second-order valence-electron chi connectivity index (χ2n) is 2.38. The lowest BCUT2D eigenvalue weighted by atomic mass is 10.2. The molecule has 0 spiro atoms. The molecule has 1 aliphatic heterocycles. The SMILES string of the molecule is C=C1C(=O)OCC1NC(C)=O. The third kappa shape index (κ3) is 1.58. The van der Waals surface area contributed by atoms with Crippen LogP contribution in [0.5, 0.6) is 0 Å². The summed E-state index contributed by atoms with van der Waals surface area (Å²) >= 11 is 0. The van der Waals surface area contributed by atoms with E-state index in [1.54, 1.807) is 0 Å². The molecule has 0 aromatic heterocycles. The number of hydrogen-bond donors (Lipinski definition) is 1. The maximum absolute atomic E-state index is 10.7. The van der Waals surface area contributed by atoms with Crippen molar-refractivity contribution in [3.05, 3.63) is 12.2 Å². The van der Waals surface area contributed by atoms with Crippen LogP contribution in [0.4, 0.5) is 0 Å². The summed E-state index contributed by atoms with van der Waals surface area (Å²) in [5, 5.41) is 2.54. The Bertz CT molecular complexity index is 222. The molecule has 1 aliphatic rings. The predicted molar refractivity (Wildman–Crippen MR) is 37.7 cm³/mol. The Morgan fingerprint density at radius 1 is 1.82 bits per heavy atom. The molecule has 11 heavy (non-hydrogen) atoms. The average Bonchev–Trinajstić information content (AvgIpc) is 2.18. The van der Waals surface area contributed by atoms with E-state index in [2.05, 4.69) is 16.6 Å². The van der Waals surface area contributed by atoms with Crippen LogP contribution in [0, 0.1) is 0 Å². The molecule has 1 heterocycles. The summed E-state index contributed by atoms with van der Waals surface area (Å²) in [6.45, 7) is 5.07. The van der Waals surface area contributed by atoms with Crippen LogP contribution in [0.15, 0.2) is 12.2 Å². The zero-order valence-corrected chi connectivity index (χ0v) is 6.22. The molecule has 0 radical (unpaired) electrons. The Labute approximate surface area is 64.2 Å². The summed E-state index contributed by atoms with van der Waals surface area (Å²) in [6, 6.07) is -0.333. The Balaban J connectivity index is 2.55. The minimum atomic E-state index is -0.427. The summed E-state index contributed by atoms with van der Waals surface area (Å²) in [5.74, 6) is -0.613. The van der Waals surface area contributed by atoms with E-state index in [4.69, 9.17) is 0 Å². The molecule has 60 valence electrons. The van der Waals surface area contributed by atoms with Crippen molar-refractivity contribution in [3.8, 4) is 0 Å². The molecule has 1 saturated heterocycles. The van der Waals surface area contributed by atoms with E-state index in [0.29, 0.717) is 5.57 Å². The summed E-state index contributed by atoms with van der Waals surface area (Å²) < 4.78 is 4.63. The molecule has 0 saturated carbocycles. The van der Waals surface area contributed by atoms with Crippen LogP contribution in [-0.4, -0.2) is 24.5 Å². The van der Waals surface area contributed by atoms with Gasteiger partial charge in [-0.15, -0.1) is 0 Å². The molecule has 0 bridgehead atoms. The van der Waals surface area contributed by atoms with Crippen LogP contribution in [0.3, 0.4) is 0 Å². The molecule has 1 rings (SSSR count). The predicted octanol–water partition coefficient (Wildman–Crippen LogP) is -0.396. The maximum atomic E-state index is 10.7. The number of carbonyl (C=O) groups excluding carboxylic acids is 2. The Morgan fingerprint density at radius 3 is 2.82 bits per heavy atom. The molecule has 1 atom stereocenters. The number of ether oxygens (including phenoxy) is 1. The first-order valence-corrected chi connectivity index (χ1v) is 3.24. The number of esters is 1. The summed E-state index contributed by atoms with van der Waals surface area (Å²) in [7, 11) is 0. The van der Waals surface area contributed by atoms with Gasteiger partial charge in [-0.3, -0.25) is 4.79 Å². The molecule has 0 aromatic rings. The van der Waals surface area contributed by atoms with Crippen molar-refractivity contribution >= 4 is 11.9 Å². The van der Waals surface area contributed by atoms with E-state index in [9.17, 15) is 9.59 Å². The first-order valence-electron chi connectivity index (χ1n) is 3.24. The average molecular weight is 155 g/mol. The summed E-state index contributed by atoms with van der Waals surface area (Å²) in [5.41, 5.74) is 0.320. The fourth-order valence-corrected chi connectivity index (χ4v) is 0.869. The Hall–Kier alpha value is -1.32. The largest absolute Gasteiger partial charge is 0.460 e. The van der Waals surface area contributed by atoms with Crippen molar-refractivity contribution in [3.63, 3.8) is 0 Å². The van der Waals surface area contributed by atoms with Gasteiger partial charge in [-0.1, -0.05) is 6.58 Å². The van der Waals surface area contributed by atoms with Crippen molar-refractivity contribution < 1.29 is 14.3 Å². The second-order valence-corrected chi connectivity index (χ2v) is 2.38. The van der Waals surface area contributed by atoms with Crippen molar-refractivity contribution in [1.82, 2.24) is 5.32 Å². The molecule has 4 nitrogen and oxygen atoms in total. The first-order chi connectivity index (χ1) is 5.11. The first kappa shape index (κ1) is 7.78. The fourth-order valence-electron chi connectivity index (χ4n) is 0.869. The maximum Gasteiger partial charge on any atom is 0.335 e. The number of carbonyl (C=O) groups is 2. The van der Waals surface area contributed by atoms with Gasteiger partial charge in [0.05, 0.1) is 11.6 Å². The van der Waals surface area contributed by atoms with E-state index in [0.717, 1.165) is 0 Å². The van der Waals surface area contributed by atoms with E-state index in [1.165, 1.54) is 6.92 Å². The smallest absolute Gasteiger partial charge is 0.335 e. The molecule has 0 aliphatic carbocycles. The van der Waals surface area contributed by atoms with Crippen LogP contribution >= 0.6 is 0 Å². The van der Waals surface area contributed by atoms with Gasteiger partial charge in [0.15, 0.2) is 0 Å². The van der Waals surface area contributed by atoms with Gasteiger partial charge in [0, 0.05) is 6.92 Å². The lowest BCUT2D eigenvalue weighted by Crippen LogP contribution is -2.34. The molecule has 1 N–H and O–H groups in total. The lowest BCUT2D eigenvalue weighted by Gasteiger charge is -2.06. The third-order valence-electron chi connectivity index (χ3n) is 1.44. The normalized spacial score (nSPS) is 23.2. The molecule has 1 amide bonds. The van der Waals surface area contributed by atoms with Gasteiger partial charge in [-0.05, 0) is 0 Å². The monoisotopic (exact) mass is 155 g/mol. The van der Waals surface area contributed by atoms with Crippen LogP contribution in [0.2, 0.25) is 0 Å². The lowest BCUT2D eigenvalue weighted by molar-refractivity contribution is -0.135. The number of hydrogen-bond acceptors (Lipinski definition) is 3.